The SMILES string of the molecule is Cc1[nH]c(C(Nc2cc3ccccc3nc2C(F)(F)F)c2ccc(F)c(Cl)c2)nc1S(C)(=O)=O. The second-order valence-corrected chi connectivity index (χ2v) is 9.99. The maximum absolute atomic E-state index is 13.9. The lowest BCUT2D eigenvalue weighted by molar-refractivity contribution is -0.140. The Morgan fingerprint density at radius 2 is 1.79 bits per heavy atom. The van der Waals surface area contributed by atoms with Gasteiger partial charge in [-0.25, -0.2) is 22.8 Å². The molecule has 2 N–H and O–H groups in total. The molecule has 2 aromatic carbocycles. The normalized spacial score (nSPS) is 13.3. The molecule has 2 heterocycles. The van der Waals surface area contributed by atoms with Crippen molar-refractivity contribution in [3.63, 3.8) is 0 Å². The maximum Gasteiger partial charge on any atom is 0.435 e. The Morgan fingerprint density at radius 1 is 1.09 bits per heavy atom. The number of pyridine rings is 1. The van der Waals surface area contributed by atoms with Gasteiger partial charge in [0.25, 0.3) is 0 Å². The zero-order valence-corrected chi connectivity index (χ0v) is 19.3. The molecule has 12 heteroatoms. The van der Waals surface area contributed by atoms with E-state index in [1.54, 1.807) is 18.2 Å². The van der Waals surface area contributed by atoms with Crippen molar-refractivity contribution in [3.8, 4) is 0 Å². The maximum atomic E-state index is 13.9. The third-order valence-electron chi connectivity index (χ3n) is 5.05. The molecule has 0 saturated carbocycles. The number of nitrogens with one attached hydrogen (secondary N) is 2. The Morgan fingerprint density at radius 3 is 2.41 bits per heavy atom. The van der Waals surface area contributed by atoms with E-state index in [0.29, 0.717) is 5.39 Å². The smallest absolute Gasteiger partial charge is 0.370 e. The Hall–Kier alpha value is -3.18. The van der Waals surface area contributed by atoms with Crippen LogP contribution in [0.4, 0.5) is 23.2 Å². The highest BCUT2D eigenvalue weighted by Crippen LogP contribution is 2.38. The van der Waals surface area contributed by atoms with Gasteiger partial charge in [0, 0.05) is 11.6 Å². The largest absolute Gasteiger partial charge is 0.435 e. The van der Waals surface area contributed by atoms with Gasteiger partial charge in [0.1, 0.15) is 17.7 Å². The molecule has 4 rings (SSSR count). The minimum absolute atomic E-state index is 0.00174. The van der Waals surface area contributed by atoms with Crippen LogP contribution in [0.1, 0.15) is 28.8 Å². The molecule has 0 bridgehead atoms. The summed E-state index contributed by atoms with van der Waals surface area (Å²) in [5.41, 5.74) is -0.940. The number of hydrogen-bond donors (Lipinski definition) is 2. The van der Waals surface area contributed by atoms with Gasteiger partial charge < -0.3 is 10.3 Å². The van der Waals surface area contributed by atoms with Crippen LogP contribution >= 0.6 is 11.6 Å². The van der Waals surface area contributed by atoms with Crippen LogP contribution in [0.5, 0.6) is 0 Å². The molecule has 0 saturated heterocycles. The van der Waals surface area contributed by atoms with Crippen molar-refractivity contribution in [3.05, 3.63) is 82.1 Å². The highest BCUT2D eigenvalue weighted by Gasteiger charge is 2.37. The topological polar surface area (TPSA) is 87.7 Å². The molecule has 0 aliphatic rings. The van der Waals surface area contributed by atoms with Gasteiger partial charge >= 0.3 is 6.18 Å². The van der Waals surface area contributed by atoms with Crippen LogP contribution in [-0.4, -0.2) is 29.6 Å². The second kappa shape index (κ2) is 8.55. The van der Waals surface area contributed by atoms with Crippen LogP contribution in [0, 0.1) is 12.7 Å². The van der Waals surface area contributed by atoms with Crippen molar-refractivity contribution in [1.29, 1.82) is 0 Å². The number of para-hydroxylation sites is 1. The van der Waals surface area contributed by atoms with Gasteiger partial charge in [0.2, 0.25) is 0 Å². The second-order valence-electron chi connectivity index (χ2n) is 7.65. The lowest BCUT2D eigenvalue weighted by Gasteiger charge is -2.22. The summed E-state index contributed by atoms with van der Waals surface area (Å²) in [7, 11) is -3.72. The molecule has 0 amide bonds. The number of H-pyrrole nitrogens is 1. The summed E-state index contributed by atoms with van der Waals surface area (Å²) in [5, 5.41) is 2.70. The average Bonchev–Trinajstić information content (AvgIpc) is 3.14. The minimum atomic E-state index is -4.80. The number of aryl methyl sites for hydroxylation is 1. The lowest BCUT2D eigenvalue weighted by atomic mass is 10.0. The number of aromatic amines is 1. The highest BCUT2D eigenvalue weighted by molar-refractivity contribution is 7.90. The Kier molecular flexibility index (Phi) is 6.03. The van der Waals surface area contributed by atoms with Crippen LogP contribution in [0.15, 0.2) is 53.6 Å². The monoisotopic (exact) mass is 512 g/mol. The summed E-state index contributed by atoms with van der Waals surface area (Å²) in [6, 6.07) is 10.1. The van der Waals surface area contributed by atoms with Gasteiger partial charge in [-0.3, -0.25) is 0 Å². The van der Waals surface area contributed by atoms with Crippen molar-refractivity contribution >= 4 is 38.0 Å². The quantitative estimate of drug-likeness (QED) is 0.336. The molecule has 0 aliphatic carbocycles. The van der Waals surface area contributed by atoms with Gasteiger partial charge in [0.15, 0.2) is 20.6 Å². The van der Waals surface area contributed by atoms with Crippen molar-refractivity contribution in [1.82, 2.24) is 15.0 Å². The van der Waals surface area contributed by atoms with E-state index in [4.69, 9.17) is 11.6 Å². The molecule has 1 unspecified atom stereocenters. The molecule has 34 heavy (non-hydrogen) atoms. The number of anilines is 1. The zero-order chi connectivity index (χ0) is 24.8. The van der Waals surface area contributed by atoms with E-state index in [0.717, 1.165) is 12.3 Å². The van der Waals surface area contributed by atoms with Gasteiger partial charge in [-0.1, -0.05) is 35.9 Å². The average molecular weight is 513 g/mol. The molecule has 0 radical (unpaired) electrons. The zero-order valence-electron chi connectivity index (χ0n) is 17.7. The highest BCUT2D eigenvalue weighted by atomic mass is 35.5. The summed E-state index contributed by atoms with van der Waals surface area (Å²) in [6.07, 6.45) is -3.83. The van der Waals surface area contributed by atoms with Crippen LogP contribution in [0.2, 0.25) is 5.02 Å². The number of sulfone groups is 1. The molecule has 2 aromatic heterocycles. The first kappa shape index (κ1) is 24.0. The van der Waals surface area contributed by atoms with E-state index in [1.807, 2.05) is 0 Å². The number of aromatic nitrogens is 3. The number of hydrogen-bond acceptors (Lipinski definition) is 5. The van der Waals surface area contributed by atoms with Crippen molar-refractivity contribution in [2.45, 2.75) is 24.2 Å². The Balaban J connectivity index is 1.92. The fourth-order valence-electron chi connectivity index (χ4n) is 3.56. The number of rotatable bonds is 5. The number of nitrogens with zero attached hydrogens (tertiary/aromatic N) is 2. The van der Waals surface area contributed by atoms with Gasteiger partial charge in [-0.2, -0.15) is 13.2 Å². The number of halogens is 5. The van der Waals surface area contributed by atoms with Crippen molar-refractivity contribution in [2.24, 2.45) is 0 Å². The number of benzene rings is 2. The first-order valence-electron chi connectivity index (χ1n) is 9.79. The number of imidazole rings is 1. The van der Waals surface area contributed by atoms with Gasteiger partial charge in [0.05, 0.1) is 21.9 Å². The van der Waals surface area contributed by atoms with E-state index in [1.165, 1.54) is 31.2 Å². The van der Waals surface area contributed by atoms with E-state index in [-0.39, 0.29) is 38.3 Å². The first-order valence-corrected chi connectivity index (χ1v) is 12.1. The summed E-state index contributed by atoms with van der Waals surface area (Å²) in [4.78, 5) is 10.7. The molecule has 0 spiro atoms. The van der Waals surface area contributed by atoms with Gasteiger partial charge in [-0.05, 0) is 36.8 Å². The standard InChI is InChI=1S/C22H17ClF4N4O2S/c1-11-21(34(2,32)33)31-20(28-11)18(13-7-8-15(24)14(23)9-13)29-17-10-12-5-3-4-6-16(12)30-19(17)22(25,26)27/h3-10,18,29H,1-2H3,(H,28,31). The molecule has 4 aromatic rings. The summed E-state index contributed by atoms with van der Waals surface area (Å²) < 4.78 is 79.7. The third-order valence-corrected chi connectivity index (χ3v) is 6.44. The predicted octanol–water partition coefficient (Wildman–Crippen LogP) is 5.68. The number of fused-ring (bicyclic) bond motifs is 1. The van der Waals surface area contributed by atoms with Crippen LogP contribution < -0.4 is 5.32 Å². The number of alkyl halides is 3. The summed E-state index contributed by atoms with van der Waals surface area (Å²) in [5.74, 6) is -0.721. The van der Waals surface area contributed by atoms with Crippen molar-refractivity contribution < 1.29 is 26.0 Å². The Bertz CT molecular complexity index is 1500. The molecule has 0 fully saturated rings. The predicted molar refractivity (Wildman–Crippen MR) is 120 cm³/mol. The van der Waals surface area contributed by atoms with Gasteiger partial charge in [-0.15, -0.1) is 0 Å². The van der Waals surface area contributed by atoms with E-state index in [9.17, 15) is 26.0 Å². The fraction of sp³-hybridized carbons (Fsp3) is 0.182. The summed E-state index contributed by atoms with van der Waals surface area (Å²) >= 11 is 5.92. The van der Waals surface area contributed by atoms with Crippen LogP contribution in [-0.2, 0) is 16.0 Å². The summed E-state index contributed by atoms with van der Waals surface area (Å²) in [6.45, 7) is 1.47. The van der Waals surface area contributed by atoms with E-state index >= 15 is 0 Å². The molecule has 6 nitrogen and oxygen atoms in total. The van der Waals surface area contributed by atoms with E-state index in [2.05, 4.69) is 20.3 Å². The molecule has 178 valence electrons. The minimum Gasteiger partial charge on any atom is -0.370 e. The van der Waals surface area contributed by atoms with Crippen molar-refractivity contribution in [2.75, 3.05) is 11.6 Å². The fourth-order valence-corrected chi connectivity index (χ4v) is 4.62. The lowest BCUT2D eigenvalue weighted by Crippen LogP contribution is -2.19. The Labute approximate surface area is 196 Å². The van der Waals surface area contributed by atoms with Crippen LogP contribution in [0.3, 0.4) is 0 Å². The van der Waals surface area contributed by atoms with E-state index < -0.39 is 33.6 Å². The molecule has 0 aliphatic heterocycles. The molecular weight excluding hydrogens is 496 g/mol. The molecular formula is C22H17ClF4N4O2S. The first-order chi connectivity index (χ1) is 15.8. The molecule has 1 atom stereocenters. The van der Waals surface area contributed by atoms with Crippen LogP contribution in [0.25, 0.3) is 10.9 Å². The third kappa shape index (κ3) is 4.71.